The van der Waals surface area contributed by atoms with Crippen molar-refractivity contribution in [2.75, 3.05) is 34.2 Å². The third-order valence-electron chi connectivity index (χ3n) is 4.34. The first kappa shape index (κ1) is 25.6. The van der Waals surface area contributed by atoms with E-state index in [9.17, 15) is 0 Å². The number of likely N-dealkylation sites (N-methyl/N-ethyl adjacent to an activating group) is 1. The number of quaternary nitrogens is 1. The number of unbranched alkanes of at least 4 members (excludes halogenated alkanes) is 11. The van der Waals surface area contributed by atoms with Crippen molar-refractivity contribution < 1.29 is 21.5 Å². The molecule has 3 heteroatoms. The molecule has 1 N–H and O–H groups in total. The van der Waals surface area contributed by atoms with Crippen LogP contribution >= 0.6 is 0 Å². The van der Waals surface area contributed by atoms with Crippen molar-refractivity contribution in [3.05, 3.63) is 0 Å². The zero-order chi connectivity index (χ0) is 16.7. The Morgan fingerprint density at radius 2 is 1.09 bits per heavy atom. The molecule has 0 radical (unpaired) electrons. The average Bonchev–Trinajstić information content (AvgIpc) is 2.42. The Bertz CT molecular complexity index is 226. The molecule has 0 rings (SSSR count). The van der Waals surface area contributed by atoms with Gasteiger partial charge in [0.1, 0.15) is 0 Å². The standard InChI is InChI=1S/C20H45N2.BrH/c1-6-7-8-9-10-11-12-13-14-15-16-17-18-21-20(2)19-22(3,4)5;/h20-21H,6-19H2,1-5H3;1H/q+1;/p-1. The number of hydrogen-bond acceptors (Lipinski definition) is 1. The van der Waals surface area contributed by atoms with Crippen LogP contribution < -0.4 is 22.3 Å². The number of nitrogens with one attached hydrogen (secondary N) is 1. The molecule has 0 fully saturated rings. The first-order chi connectivity index (χ1) is 10.5. The van der Waals surface area contributed by atoms with Gasteiger partial charge in [-0.15, -0.1) is 0 Å². The molecule has 0 aromatic heterocycles. The Hall–Kier alpha value is 0.400. The summed E-state index contributed by atoms with van der Waals surface area (Å²) in [5.74, 6) is 0. The van der Waals surface area contributed by atoms with Crippen LogP contribution in [0.5, 0.6) is 0 Å². The van der Waals surface area contributed by atoms with E-state index in [2.05, 4.69) is 40.3 Å². The number of hydrogen-bond donors (Lipinski definition) is 1. The van der Waals surface area contributed by atoms with Gasteiger partial charge in [0.15, 0.2) is 0 Å². The van der Waals surface area contributed by atoms with Crippen LogP contribution in [0.15, 0.2) is 0 Å². The summed E-state index contributed by atoms with van der Waals surface area (Å²) in [4.78, 5) is 0. The SMILES string of the molecule is CCCCCCCCCCCCCCNC(C)C[N+](C)(C)C.[Br-]. The summed E-state index contributed by atoms with van der Waals surface area (Å²) in [6.45, 7) is 7.00. The van der Waals surface area contributed by atoms with E-state index in [-0.39, 0.29) is 17.0 Å². The molecule has 0 bridgehead atoms. The zero-order valence-electron chi connectivity index (χ0n) is 16.8. The fourth-order valence-electron chi connectivity index (χ4n) is 3.20. The van der Waals surface area contributed by atoms with Crippen LogP contribution in [0.25, 0.3) is 0 Å². The molecular weight excluding hydrogens is 348 g/mol. The average molecular weight is 393 g/mol. The number of rotatable bonds is 16. The van der Waals surface area contributed by atoms with E-state index in [1.807, 2.05) is 0 Å². The van der Waals surface area contributed by atoms with E-state index in [1.165, 1.54) is 90.1 Å². The Morgan fingerprint density at radius 3 is 1.48 bits per heavy atom. The van der Waals surface area contributed by atoms with Crippen LogP contribution in [-0.4, -0.2) is 44.8 Å². The second-order valence-electron chi connectivity index (χ2n) is 8.22. The number of halogens is 1. The van der Waals surface area contributed by atoms with Crippen molar-refractivity contribution in [2.45, 2.75) is 96.9 Å². The van der Waals surface area contributed by atoms with Crippen molar-refractivity contribution in [1.82, 2.24) is 5.32 Å². The fourth-order valence-corrected chi connectivity index (χ4v) is 3.20. The normalized spacial score (nSPS) is 12.9. The van der Waals surface area contributed by atoms with Crippen LogP contribution in [0, 0.1) is 0 Å². The molecule has 1 atom stereocenters. The van der Waals surface area contributed by atoms with Gasteiger partial charge in [-0.1, -0.05) is 77.6 Å². The van der Waals surface area contributed by atoms with Crippen molar-refractivity contribution in [3.8, 4) is 0 Å². The van der Waals surface area contributed by atoms with E-state index >= 15 is 0 Å². The Balaban J connectivity index is 0. The van der Waals surface area contributed by atoms with Gasteiger partial charge in [-0.3, -0.25) is 0 Å². The minimum Gasteiger partial charge on any atom is -1.00 e. The van der Waals surface area contributed by atoms with Gasteiger partial charge in [0.25, 0.3) is 0 Å². The van der Waals surface area contributed by atoms with Gasteiger partial charge in [0.2, 0.25) is 0 Å². The van der Waals surface area contributed by atoms with Crippen LogP contribution in [0.3, 0.4) is 0 Å². The van der Waals surface area contributed by atoms with Gasteiger partial charge < -0.3 is 26.8 Å². The highest BCUT2D eigenvalue weighted by Gasteiger charge is 2.12. The molecule has 0 aromatic carbocycles. The first-order valence-corrected chi connectivity index (χ1v) is 9.99. The van der Waals surface area contributed by atoms with E-state index in [4.69, 9.17) is 0 Å². The van der Waals surface area contributed by atoms with Crippen molar-refractivity contribution in [2.24, 2.45) is 0 Å². The lowest BCUT2D eigenvalue weighted by Gasteiger charge is -2.28. The van der Waals surface area contributed by atoms with Gasteiger partial charge in [0.05, 0.1) is 33.7 Å². The van der Waals surface area contributed by atoms with Crippen LogP contribution in [0.2, 0.25) is 0 Å². The molecular formula is C20H45BrN2. The van der Waals surface area contributed by atoms with Crippen LogP contribution in [0.4, 0.5) is 0 Å². The van der Waals surface area contributed by atoms with Gasteiger partial charge in [-0.05, 0) is 19.9 Å². The quantitative estimate of drug-likeness (QED) is 0.314. The van der Waals surface area contributed by atoms with E-state index in [0.29, 0.717) is 6.04 Å². The van der Waals surface area contributed by atoms with Gasteiger partial charge in [-0.25, -0.2) is 0 Å². The molecule has 2 nitrogen and oxygen atoms in total. The predicted octanol–water partition coefficient (Wildman–Crippen LogP) is 2.38. The van der Waals surface area contributed by atoms with Gasteiger partial charge in [0, 0.05) is 0 Å². The molecule has 142 valence electrons. The largest absolute Gasteiger partial charge is 1.00 e. The van der Waals surface area contributed by atoms with Crippen LogP contribution in [0.1, 0.15) is 90.9 Å². The highest BCUT2D eigenvalue weighted by molar-refractivity contribution is 4.59. The first-order valence-electron chi connectivity index (χ1n) is 9.99. The molecule has 23 heavy (non-hydrogen) atoms. The van der Waals surface area contributed by atoms with Gasteiger partial charge >= 0.3 is 0 Å². The number of nitrogens with zero attached hydrogens (tertiary/aromatic N) is 1. The summed E-state index contributed by atoms with van der Waals surface area (Å²) in [5, 5.41) is 3.66. The lowest BCUT2D eigenvalue weighted by Crippen LogP contribution is -3.00. The molecule has 0 saturated carbocycles. The maximum Gasteiger partial charge on any atom is 0.0933 e. The van der Waals surface area contributed by atoms with Crippen molar-refractivity contribution in [1.29, 1.82) is 0 Å². The topological polar surface area (TPSA) is 12.0 Å². The van der Waals surface area contributed by atoms with Gasteiger partial charge in [-0.2, -0.15) is 0 Å². The summed E-state index contributed by atoms with van der Waals surface area (Å²) in [6, 6.07) is 0.632. The summed E-state index contributed by atoms with van der Waals surface area (Å²) in [5.41, 5.74) is 0. The second kappa shape index (κ2) is 17.2. The lowest BCUT2D eigenvalue weighted by atomic mass is 10.1. The van der Waals surface area contributed by atoms with E-state index in [1.54, 1.807) is 0 Å². The second-order valence-corrected chi connectivity index (χ2v) is 8.22. The van der Waals surface area contributed by atoms with Crippen LogP contribution in [-0.2, 0) is 0 Å². The summed E-state index contributed by atoms with van der Waals surface area (Å²) in [6.07, 6.45) is 17.2. The highest BCUT2D eigenvalue weighted by atomic mass is 79.9. The monoisotopic (exact) mass is 392 g/mol. The third kappa shape index (κ3) is 22.4. The Labute approximate surface area is 158 Å². The minimum atomic E-state index is 0. The van der Waals surface area contributed by atoms with E-state index in [0.717, 1.165) is 4.48 Å². The lowest BCUT2D eigenvalue weighted by molar-refractivity contribution is -0.871. The molecule has 0 aromatic rings. The molecule has 0 saturated heterocycles. The fraction of sp³-hybridized carbons (Fsp3) is 1.00. The molecule has 0 aliphatic carbocycles. The molecule has 1 unspecified atom stereocenters. The Morgan fingerprint density at radius 1 is 0.696 bits per heavy atom. The molecule has 0 amide bonds. The molecule has 0 spiro atoms. The van der Waals surface area contributed by atoms with Crippen molar-refractivity contribution >= 4 is 0 Å². The third-order valence-corrected chi connectivity index (χ3v) is 4.34. The minimum absolute atomic E-state index is 0. The maximum absolute atomic E-state index is 3.66. The molecule has 0 aliphatic rings. The Kier molecular flexibility index (Phi) is 19.2. The predicted molar refractivity (Wildman–Crippen MR) is 101 cm³/mol. The highest BCUT2D eigenvalue weighted by Crippen LogP contribution is 2.11. The summed E-state index contributed by atoms with van der Waals surface area (Å²) >= 11 is 0. The maximum atomic E-state index is 3.66. The molecule has 0 aliphatic heterocycles. The zero-order valence-corrected chi connectivity index (χ0v) is 18.4. The summed E-state index contributed by atoms with van der Waals surface area (Å²) < 4.78 is 1.05. The smallest absolute Gasteiger partial charge is 0.0933 e. The van der Waals surface area contributed by atoms with E-state index < -0.39 is 0 Å². The summed E-state index contributed by atoms with van der Waals surface area (Å²) in [7, 11) is 6.80. The van der Waals surface area contributed by atoms with Crippen molar-refractivity contribution in [3.63, 3.8) is 0 Å². The molecule has 0 heterocycles.